The van der Waals surface area contributed by atoms with E-state index in [1.165, 1.54) is 5.56 Å². The predicted molar refractivity (Wildman–Crippen MR) is 106 cm³/mol. The van der Waals surface area contributed by atoms with Crippen LogP contribution in [-0.2, 0) is 20.1 Å². The van der Waals surface area contributed by atoms with E-state index in [1.807, 2.05) is 18.5 Å². The van der Waals surface area contributed by atoms with Gasteiger partial charge in [-0.25, -0.2) is 4.99 Å². The number of nitrogens with one attached hydrogen (secondary N) is 2. The number of hydrogen-bond donors (Lipinski definition) is 2. The van der Waals surface area contributed by atoms with E-state index in [-0.39, 0.29) is 0 Å². The van der Waals surface area contributed by atoms with E-state index < -0.39 is 0 Å². The third kappa shape index (κ3) is 5.04. The molecule has 7 nitrogen and oxygen atoms in total. The van der Waals surface area contributed by atoms with Gasteiger partial charge in [-0.05, 0) is 49.1 Å². The van der Waals surface area contributed by atoms with Crippen molar-refractivity contribution >= 4 is 17.3 Å². The van der Waals surface area contributed by atoms with Crippen LogP contribution in [0.3, 0.4) is 0 Å². The average molecular weight is 376 g/mol. The summed E-state index contributed by atoms with van der Waals surface area (Å²) in [5, 5.41) is 19.6. The molecule has 3 rings (SSSR count). The monoisotopic (exact) mass is 375 g/mol. The molecule has 1 fully saturated rings. The molecule has 0 unspecified atom stereocenters. The summed E-state index contributed by atoms with van der Waals surface area (Å²) in [6, 6.07) is 2.69. The largest absolute Gasteiger partial charge is 0.357 e. The highest BCUT2D eigenvalue weighted by atomic mass is 32.1. The highest BCUT2D eigenvalue weighted by Crippen LogP contribution is 2.15. The number of aryl methyl sites for hydroxylation is 1. The van der Waals surface area contributed by atoms with Crippen LogP contribution in [0.5, 0.6) is 0 Å². The summed E-state index contributed by atoms with van der Waals surface area (Å²) < 4.78 is 1.98. The van der Waals surface area contributed by atoms with E-state index in [1.54, 1.807) is 11.3 Å². The molecule has 3 heterocycles. The molecule has 0 radical (unpaired) electrons. The van der Waals surface area contributed by atoms with Gasteiger partial charge in [0.2, 0.25) is 0 Å². The number of likely N-dealkylation sites (tertiary alicyclic amines) is 1. The number of guanidine groups is 1. The Balaban J connectivity index is 1.50. The number of hydrogen-bond acceptors (Lipinski definition) is 5. The maximum Gasteiger partial charge on any atom is 0.191 e. The van der Waals surface area contributed by atoms with E-state index in [2.05, 4.69) is 49.5 Å². The molecule has 26 heavy (non-hydrogen) atoms. The normalized spacial score (nSPS) is 16.8. The standard InChI is InChI=1S/C18H29N7S/c1-4-19-18(20-11-17-23-22-14(2)24(17)3)21-16-5-8-25(9-6-16)12-15-7-10-26-13-15/h7,10,13,16H,4-6,8-9,11-12H2,1-3H3,(H2,19,20,21). The van der Waals surface area contributed by atoms with Crippen molar-refractivity contribution in [3.63, 3.8) is 0 Å². The number of aliphatic imine (C=N–C) groups is 1. The van der Waals surface area contributed by atoms with E-state index in [9.17, 15) is 0 Å². The Morgan fingerprint density at radius 2 is 2.15 bits per heavy atom. The molecular formula is C18H29N7S. The third-order valence-electron chi connectivity index (χ3n) is 4.82. The second kappa shape index (κ2) is 9.14. The molecule has 0 spiro atoms. The molecule has 0 atom stereocenters. The van der Waals surface area contributed by atoms with E-state index in [0.717, 1.165) is 56.6 Å². The molecule has 142 valence electrons. The average Bonchev–Trinajstić information content (AvgIpc) is 3.26. The highest BCUT2D eigenvalue weighted by Gasteiger charge is 2.20. The topological polar surface area (TPSA) is 70.4 Å². The smallest absolute Gasteiger partial charge is 0.191 e. The molecule has 0 saturated carbocycles. The second-order valence-electron chi connectivity index (χ2n) is 6.74. The fraction of sp³-hybridized carbons (Fsp3) is 0.611. The van der Waals surface area contributed by atoms with Gasteiger partial charge in [0.15, 0.2) is 11.8 Å². The molecule has 1 aliphatic rings. The SMILES string of the molecule is CCNC(=NCc1nnc(C)n1C)NC1CCN(Cc2ccsc2)CC1. The molecule has 8 heteroatoms. The summed E-state index contributed by atoms with van der Waals surface area (Å²) >= 11 is 1.77. The minimum atomic E-state index is 0.466. The van der Waals surface area contributed by atoms with Crippen LogP contribution in [0.15, 0.2) is 21.8 Å². The zero-order valence-electron chi connectivity index (χ0n) is 15.9. The van der Waals surface area contributed by atoms with Crippen LogP contribution < -0.4 is 10.6 Å². The van der Waals surface area contributed by atoms with Gasteiger partial charge in [0.1, 0.15) is 12.4 Å². The van der Waals surface area contributed by atoms with Crippen molar-refractivity contribution in [1.82, 2.24) is 30.3 Å². The van der Waals surface area contributed by atoms with Crippen LogP contribution in [0.1, 0.15) is 37.0 Å². The minimum absolute atomic E-state index is 0.466. The van der Waals surface area contributed by atoms with Crippen LogP contribution in [0.2, 0.25) is 0 Å². The molecule has 2 aromatic rings. The van der Waals surface area contributed by atoms with Crippen LogP contribution in [-0.4, -0.2) is 51.3 Å². The van der Waals surface area contributed by atoms with Gasteiger partial charge in [0.05, 0.1) is 0 Å². The fourth-order valence-corrected chi connectivity index (χ4v) is 3.79. The molecule has 2 N–H and O–H groups in total. The number of rotatable bonds is 6. The van der Waals surface area contributed by atoms with Gasteiger partial charge < -0.3 is 15.2 Å². The van der Waals surface area contributed by atoms with Crippen LogP contribution in [0.4, 0.5) is 0 Å². The second-order valence-corrected chi connectivity index (χ2v) is 7.52. The summed E-state index contributed by atoms with van der Waals surface area (Å²) in [4.78, 5) is 7.23. The molecule has 0 aliphatic carbocycles. The lowest BCUT2D eigenvalue weighted by Gasteiger charge is -2.32. The maximum absolute atomic E-state index is 4.69. The minimum Gasteiger partial charge on any atom is -0.357 e. The zero-order valence-corrected chi connectivity index (χ0v) is 16.7. The fourth-order valence-electron chi connectivity index (χ4n) is 3.13. The van der Waals surface area contributed by atoms with Crippen molar-refractivity contribution in [2.24, 2.45) is 12.0 Å². The van der Waals surface area contributed by atoms with Gasteiger partial charge in [-0.15, -0.1) is 10.2 Å². The first kappa shape index (κ1) is 18.8. The molecule has 2 aromatic heterocycles. The Bertz CT molecular complexity index is 699. The van der Waals surface area contributed by atoms with Crippen molar-refractivity contribution in [2.75, 3.05) is 19.6 Å². The highest BCUT2D eigenvalue weighted by molar-refractivity contribution is 7.07. The summed E-state index contributed by atoms with van der Waals surface area (Å²) in [6.07, 6.45) is 2.27. The molecule has 1 aliphatic heterocycles. The molecule has 0 amide bonds. The summed E-state index contributed by atoms with van der Waals surface area (Å²) in [6.45, 7) is 8.73. The van der Waals surface area contributed by atoms with Gasteiger partial charge in [0.25, 0.3) is 0 Å². The lowest BCUT2D eigenvalue weighted by molar-refractivity contribution is 0.198. The summed E-state index contributed by atoms with van der Waals surface area (Å²) in [5.41, 5.74) is 1.43. The Morgan fingerprint density at radius 1 is 1.35 bits per heavy atom. The summed E-state index contributed by atoms with van der Waals surface area (Å²) in [5.74, 6) is 2.65. The van der Waals surface area contributed by atoms with Crippen LogP contribution in [0, 0.1) is 6.92 Å². The molecular weight excluding hydrogens is 346 g/mol. The van der Waals surface area contributed by atoms with Crippen molar-refractivity contribution in [2.45, 2.75) is 45.8 Å². The van der Waals surface area contributed by atoms with Gasteiger partial charge in [0, 0.05) is 39.3 Å². The van der Waals surface area contributed by atoms with Crippen LogP contribution >= 0.6 is 11.3 Å². The zero-order chi connectivity index (χ0) is 18.4. The van der Waals surface area contributed by atoms with Gasteiger partial charge in [-0.1, -0.05) is 0 Å². The third-order valence-corrected chi connectivity index (χ3v) is 5.55. The van der Waals surface area contributed by atoms with Gasteiger partial charge in [-0.2, -0.15) is 11.3 Å². The van der Waals surface area contributed by atoms with Crippen molar-refractivity contribution in [3.8, 4) is 0 Å². The number of piperidine rings is 1. The van der Waals surface area contributed by atoms with Crippen molar-refractivity contribution < 1.29 is 0 Å². The Morgan fingerprint density at radius 3 is 2.77 bits per heavy atom. The summed E-state index contributed by atoms with van der Waals surface area (Å²) in [7, 11) is 1.98. The molecule has 0 bridgehead atoms. The first-order valence-corrected chi connectivity index (χ1v) is 10.2. The number of nitrogens with zero attached hydrogens (tertiary/aromatic N) is 5. The molecule has 1 saturated heterocycles. The Labute approximate surface area is 159 Å². The van der Waals surface area contributed by atoms with E-state index in [4.69, 9.17) is 4.99 Å². The lowest BCUT2D eigenvalue weighted by Crippen LogP contribution is -2.48. The van der Waals surface area contributed by atoms with E-state index >= 15 is 0 Å². The number of thiophene rings is 1. The lowest BCUT2D eigenvalue weighted by atomic mass is 10.0. The van der Waals surface area contributed by atoms with Crippen molar-refractivity contribution in [1.29, 1.82) is 0 Å². The predicted octanol–water partition coefficient (Wildman–Crippen LogP) is 1.90. The Kier molecular flexibility index (Phi) is 6.62. The van der Waals surface area contributed by atoms with Gasteiger partial charge in [-0.3, -0.25) is 4.90 Å². The van der Waals surface area contributed by atoms with Crippen molar-refractivity contribution in [3.05, 3.63) is 34.0 Å². The maximum atomic E-state index is 4.69. The molecule has 0 aromatic carbocycles. The van der Waals surface area contributed by atoms with Gasteiger partial charge >= 0.3 is 0 Å². The Hall–Kier alpha value is -1.93. The van der Waals surface area contributed by atoms with Crippen LogP contribution in [0.25, 0.3) is 0 Å². The first-order chi connectivity index (χ1) is 12.7. The quantitative estimate of drug-likeness (QED) is 0.596. The number of aromatic nitrogens is 3. The van der Waals surface area contributed by atoms with E-state index in [0.29, 0.717) is 12.6 Å². The first-order valence-electron chi connectivity index (χ1n) is 9.29.